The molecule has 0 radical (unpaired) electrons. The van der Waals surface area contributed by atoms with Crippen LogP contribution < -0.4 is 15.4 Å². The summed E-state index contributed by atoms with van der Waals surface area (Å²) in [5.41, 5.74) is 1.00. The predicted octanol–water partition coefficient (Wildman–Crippen LogP) is 0.734. The average Bonchev–Trinajstić information content (AvgIpc) is 3.04. The quantitative estimate of drug-likeness (QED) is 0.500. The van der Waals surface area contributed by atoms with Gasteiger partial charge in [0.05, 0.1) is 12.6 Å². The minimum atomic E-state index is -0.283. The Hall–Kier alpha value is -2.28. The number of rotatable bonds is 7. The van der Waals surface area contributed by atoms with E-state index in [0.717, 1.165) is 31.0 Å². The summed E-state index contributed by atoms with van der Waals surface area (Å²) in [7, 11) is 0. The van der Waals surface area contributed by atoms with E-state index in [0.29, 0.717) is 25.4 Å². The van der Waals surface area contributed by atoms with Crippen molar-refractivity contribution in [3.8, 4) is 5.75 Å². The Morgan fingerprint density at radius 3 is 2.84 bits per heavy atom. The van der Waals surface area contributed by atoms with Gasteiger partial charge in [0.1, 0.15) is 5.75 Å². The molecular weight excluding hydrogens is 320 g/mol. The first kappa shape index (κ1) is 19.1. The molecule has 0 bridgehead atoms. The highest BCUT2D eigenvalue weighted by Crippen LogP contribution is 2.15. The van der Waals surface area contributed by atoms with Gasteiger partial charge in [0.15, 0.2) is 12.6 Å². The Morgan fingerprint density at radius 2 is 2.16 bits per heavy atom. The molecule has 1 amide bonds. The number of hydrogen-bond donors (Lipinski definition) is 3. The molecule has 1 heterocycles. The number of aliphatic hydroxyl groups is 1. The van der Waals surface area contributed by atoms with Gasteiger partial charge in [-0.15, -0.1) is 0 Å². The number of nitrogens with zero attached hydrogens (tertiary/aromatic N) is 2. The van der Waals surface area contributed by atoms with Crippen molar-refractivity contribution in [2.75, 3.05) is 32.8 Å². The molecule has 1 saturated heterocycles. The Morgan fingerprint density at radius 1 is 1.36 bits per heavy atom. The number of guanidine groups is 1. The Bertz CT molecular complexity index is 591. The molecule has 0 aromatic heterocycles. The summed E-state index contributed by atoms with van der Waals surface area (Å²) >= 11 is 0. The topological polar surface area (TPSA) is 86.2 Å². The van der Waals surface area contributed by atoms with Crippen molar-refractivity contribution in [2.45, 2.75) is 32.9 Å². The zero-order chi connectivity index (χ0) is 18.1. The highest BCUT2D eigenvalue weighted by atomic mass is 16.5. The van der Waals surface area contributed by atoms with Crippen LogP contribution in [-0.2, 0) is 11.3 Å². The molecular formula is C18H28N4O3. The van der Waals surface area contributed by atoms with E-state index in [1.54, 1.807) is 0 Å². The summed E-state index contributed by atoms with van der Waals surface area (Å²) in [4.78, 5) is 18.2. The molecule has 1 aromatic rings. The molecule has 1 atom stereocenters. The second-order valence-corrected chi connectivity index (χ2v) is 5.95. The first-order chi connectivity index (χ1) is 12.1. The van der Waals surface area contributed by atoms with Gasteiger partial charge in [-0.3, -0.25) is 4.79 Å². The van der Waals surface area contributed by atoms with Crippen molar-refractivity contribution in [1.29, 1.82) is 0 Å². The zero-order valence-corrected chi connectivity index (χ0v) is 15.0. The normalized spacial score (nSPS) is 17.5. The molecule has 0 unspecified atom stereocenters. The van der Waals surface area contributed by atoms with Crippen molar-refractivity contribution in [3.05, 3.63) is 29.8 Å². The van der Waals surface area contributed by atoms with Crippen molar-refractivity contribution >= 4 is 11.9 Å². The minimum absolute atomic E-state index is 0.00880. The van der Waals surface area contributed by atoms with Crippen LogP contribution >= 0.6 is 0 Å². The number of aliphatic imine (C=N–C) groups is 1. The second kappa shape index (κ2) is 9.88. The lowest BCUT2D eigenvalue weighted by molar-refractivity contribution is -0.122. The van der Waals surface area contributed by atoms with Gasteiger partial charge >= 0.3 is 0 Å². The summed E-state index contributed by atoms with van der Waals surface area (Å²) < 4.78 is 5.51. The van der Waals surface area contributed by atoms with Crippen LogP contribution in [-0.4, -0.2) is 60.8 Å². The fraction of sp³-hybridized carbons (Fsp3) is 0.556. The number of nitrogens with one attached hydrogen (secondary N) is 2. The fourth-order valence-electron chi connectivity index (χ4n) is 2.66. The molecule has 0 aliphatic carbocycles. The Kier molecular flexibility index (Phi) is 7.53. The van der Waals surface area contributed by atoms with Gasteiger partial charge in [-0.05, 0) is 38.0 Å². The van der Waals surface area contributed by atoms with Gasteiger partial charge in [-0.2, -0.15) is 0 Å². The van der Waals surface area contributed by atoms with E-state index in [1.807, 2.05) is 38.1 Å². The van der Waals surface area contributed by atoms with E-state index in [-0.39, 0.29) is 18.6 Å². The summed E-state index contributed by atoms with van der Waals surface area (Å²) in [6.45, 7) is 7.21. The van der Waals surface area contributed by atoms with Crippen LogP contribution in [0, 0.1) is 0 Å². The van der Waals surface area contributed by atoms with E-state index in [2.05, 4.69) is 20.5 Å². The minimum Gasteiger partial charge on any atom is -0.484 e. The van der Waals surface area contributed by atoms with Gasteiger partial charge in [0, 0.05) is 26.2 Å². The summed E-state index contributed by atoms with van der Waals surface area (Å²) in [5, 5.41) is 15.7. The highest BCUT2D eigenvalue weighted by molar-refractivity contribution is 5.80. The lowest BCUT2D eigenvalue weighted by Crippen LogP contribution is -2.40. The first-order valence-corrected chi connectivity index (χ1v) is 8.82. The van der Waals surface area contributed by atoms with Gasteiger partial charge in [-0.25, -0.2) is 4.99 Å². The Labute approximate surface area is 149 Å². The van der Waals surface area contributed by atoms with Crippen molar-refractivity contribution in [3.63, 3.8) is 0 Å². The zero-order valence-electron chi connectivity index (χ0n) is 15.0. The highest BCUT2D eigenvalue weighted by Gasteiger charge is 2.22. The molecule has 3 N–H and O–H groups in total. The number of carbonyl (C=O) groups excluding carboxylic acids is 1. The van der Waals surface area contributed by atoms with E-state index in [4.69, 9.17) is 4.74 Å². The predicted molar refractivity (Wildman–Crippen MR) is 97.6 cm³/mol. The van der Waals surface area contributed by atoms with Crippen LogP contribution in [0.25, 0.3) is 0 Å². The summed E-state index contributed by atoms with van der Waals surface area (Å²) in [6.07, 6.45) is 0.489. The van der Waals surface area contributed by atoms with Gasteiger partial charge in [0.25, 0.3) is 5.91 Å². The first-order valence-electron chi connectivity index (χ1n) is 8.82. The van der Waals surface area contributed by atoms with E-state index in [1.165, 1.54) is 0 Å². The molecule has 1 aromatic carbocycles. The number of aliphatic hydroxyl groups excluding tert-OH is 1. The van der Waals surface area contributed by atoms with Gasteiger partial charge in [-0.1, -0.05) is 12.1 Å². The van der Waals surface area contributed by atoms with Gasteiger partial charge in [0.2, 0.25) is 0 Å². The third kappa shape index (κ3) is 6.26. The molecule has 2 rings (SSSR count). The van der Waals surface area contributed by atoms with Gasteiger partial charge < -0.3 is 25.4 Å². The van der Waals surface area contributed by atoms with Crippen LogP contribution in [0.15, 0.2) is 29.3 Å². The molecule has 1 fully saturated rings. The second-order valence-electron chi connectivity index (χ2n) is 5.95. The monoisotopic (exact) mass is 348 g/mol. The van der Waals surface area contributed by atoms with Crippen LogP contribution in [0.2, 0.25) is 0 Å². The Balaban J connectivity index is 1.96. The lowest BCUT2D eigenvalue weighted by atomic mass is 10.2. The maximum atomic E-state index is 11.5. The number of likely N-dealkylation sites (N-methyl/N-ethyl adjacent to an activating group) is 1. The number of amides is 1. The maximum absolute atomic E-state index is 11.5. The molecule has 7 heteroatoms. The van der Waals surface area contributed by atoms with Crippen LogP contribution in [0.4, 0.5) is 0 Å². The molecule has 7 nitrogen and oxygen atoms in total. The smallest absolute Gasteiger partial charge is 0.257 e. The van der Waals surface area contributed by atoms with Crippen LogP contribution in [0.1, 0.15) is 25.8 Å². The van der Waals surface area contributed by atoms with Crippen molar-refractivity contribution in [2.24, 2.45) is 4.99 Å². The standard InChI is InChI=1S/C18H28N4O3/c1-3-19-17(24)13-25-16-7-5-6-14(10-16)11-21-18(20-4-2)22-9-8-15(23)12-22/h5-7,10,15,23H,3-4,8-9,11-13H2,1-2H3,(H,19,24)(H,20,21)/t15-/m1/s1. The molecule has 1 aliphatic rings. The maximum Gasteiger partial charge on any atom is 0.257 e. The van der Waals surface area contributed by atoms with Crippen molar-refractivity contribution < 1.29 is 14.6 Å². The van der Waals surface area contributed by atoms with E-state index >= 15 is 0 Å². The molecule has 1 aliphatic heterocycles. The lowest BCUT2D eigenvalue weighted by Gasteiger charge is -2.21. The largest absolute Gasteiger partial charge is 0.484 e. The van der Waals surface area contributed by atoms with E-state index < -0.39 is 0 Å². The third-order valence-corrected chi connectivity index (χ3v) is 3.85. The molecule has 0 spiro atoms. The SMILES string of the molecule is CCNC(=O)COc1cccc(CN=C(NCC)N2CC[C@@H](O)C2)c1. The molecule has 138 valence electrons. The number of hydrogen-bond acceptors (Lipinski definition) is 4. The number of carbonyl (C=O) groups is 1. The molecule has 0 saturated carbocycles. The number of β-amino-alcohol motifs (C(OH)–C–C–N with tert-alkyl or cyclic N) is 1. The number of benzene rings is 1. The van der Waals surface area contributed by atoms with Crippen LogP contribution in [0.3, 0.4) is 0 Å². The third-order valence-electron chi connectivity index (χ3n) is 3.85. The fourth-order valence-corrected chi connectivity index (χ4v) is 2.66. The number of likely N-dealkylation sites (tertiary alicyclic amines) is 1. The van der Waals surface area contributed by atoms with E-state index in [9.17, 15) is 9.90 Å². The summed E-state index contributed by atoms with van der Waals surface area (Å²) in [6, 6.07) is 7.59. The summed E-state index contributed by atoms with van der Waals surface area (Å²) in [5.74, 6) is 1.33. The van der Waals surface area contributed by atoms with Crippen LogP contribution in [0.5, 0.6) is 5.75 Å². The average molecular weight is 348 g/mol. The number of ether oxygens (including phenoxy) is 1. The van der Waals surface area contributed by atoms with Crippen molar-refractivity contribution in [1.82, 2.24) is 15.5 Å². The molecule has 25 heavy (non-hydrogen) atoms.